The fourth-order valence-electron chi connectivity index (χ4n) is 3.78. The number of carbonyl (C=O) groups excluding carboxylic acids is 1. The zero-order valence-corrected chi connectivity index (χ0v) is 16.9. The van der Waals surface area contributed by atoms with Crippen LogP contribution in [0.15, 0.2) is 59.1 Å². The summed E-state index contributed by atoms with van der Waals surface area (Å²) >= 11 is 1.55. The third-order valence-electron chi connectivity index (χ3n) is 5.22. The fourth-order valence-corrected chi connectivity index (χ4v) is 5.01. The van der Waals surface area contributed by atoms with E-state index in [1.165, 1.54) is 4.90 Å². The summed E-state index contributed by atoms with van der Waals surface area (Å²) in [5, 5.41) is 20.6. The van der Waals surface area contributed by atoms with Gasteiger partial charge in [-0.3, -0.25) is 14.6 Å². The number of thioether (sulfide) groups is 1. The number of ether oxygens (including phenoxy) is 1. The van der Waals surface area contributed by atoms with Crippen molar-refractivity contribution in [2.75, 3.05) is 19.2 Å². The number of hydrogen-bond donors (Lipinski definition) is 2. The molecule has 0 saturated carbocycles. The minimum atomic E-state index is -0.329. The predicted molar refractivity (Wildman–Crippen MR) is 111 cm³/mol. The second-order valence-corrected chi connectivity index (χ2v) is 7.95. The van der Waals surface area contributed by atoms with Crippen molar-refractivity contribution in [1.82, 2.24) is 4.90 Å². The highest BCUT2D eigenvalue weighted by Gasteiger charge is 2.40. The van der Waals surface area contributed by atoms with Crippen LogP contribution in [0.25, 0.3) is 0 Å². The van der Waals surface area contributed by atoms with Crippen molar-refractivity contribution < 1.29 is 19.5 Å². The molecule has 7 heteroatoms. The molecule has 2 aromatic carbocycles. The maximum atomic E-state index is 13.0. The van der Waals surface area contributed by atoms with Crippen molar-refractivity contribution in [2.45, 2.75) is 19.3 Å². The van der Waals surface area contributed by atoms with Gasteiger partial charge in [-0.15, -0.1) is 0 Å². The van der Waals surface area contributed by atoms with Gasteiger partial charge in [0.15, 0.2) is 18.2 Å². The van der Waals surface area contributed by atoms with Crippen LogP contribution < -0.4 is 9.64 Å². The normalized spacial score (nSPS) is 21.5. The molecule has 6 nitrogen and oxygen atoms in total. The number of rotatable bonds is 4. The Balaban J connectivity index is 1.67. The Kier molecular flexibility index (Phi) is 5.47. The molecule has 0 spiro atoms. The van der Waals surface area contributed by atoms with Crippen LogP contribution in [0.1, 0.15) is 24.8 Å². The molecule has 1 fully saturated rings. The average Bonchev–Trinajstić information content (AvgIpc) is 2.76. The van der Waals surface area contributed by atoms with Gasteiger partial charge in [0, 0.05) is 12.3 Å². The van der Waals surface area contributed by atoms with Crippen LogP contribution in [0.3, 0.4) is 0 Å². The van der Waals surface area contributed by atoms with Crippen LogP contribution >= 0.6 is 11.8 Å². The molecule has 0 aromatic heterocycles. The number of nitriles is 1. The Bertz CT molecular complexity index is 1000. The fraction of sp³-hybridized carbons (Fsp3) is 0.273. The Labute approximate surface area is 174 Å². The summed E-state index contributed by atoms with van der Waals surface area (Å²) in [4.78, 5) is 15.9. The number of phenolic OH excluding ortho intramolecular Hbond substituents is 1. The maximum absolute atomic E-state index is 13.0. The van der Waals surface area contributed by atoms with E-state index in [0.29, 0.717) is 24.6 Å². The number of carbonyl (C=O) groups is 1. The second-order valence-electron chi connectivity index (χ2n) is 6.99. The van der Waals surface area contributed by atoms with Gasteiger partial charge >= 0.3 is 0 Å². The number of hydrogen-bond acceptors (Lipinski definition) is 5. The van der Waals surface area contributed by atoms with Crippen molar-refractivity contribution >= 4 is 23.4 Å². The van der Waals surface area contributed by atoms with Gasteiger partial charge in [-0.2, -0.15) is 5.26 Å². The standard InChI is InChI=1S/C22H21N3O3S/c1-2-28-20-10-15(8-9-19(20)26)17-11-21(27)25-13-24(16-6-4-3-5-7-16)14-29-22(25)18(17)12-23/h3-10,17,26H,2,11,13-14H2,1H3/p+1/t17-/m0/s1. The topological polar surface area (TPSA) is 78.0 Å². The minimum absolute atomic E-state index is 0.00988. The molecule has 29 heavy (non-hydrogen) atoms. The summed E-state index contributed by atoms with van der Waals surface area (Å²) in [6.07, 6.45) is 0.228. The smallest absolute Gasteiger partial charge is 0.232 e. The third-order valence-corrected chi connectivity index (χ3v) is 6.43. The van der Waals surface area contributed by atoms with Gasteiger partial charge in [0.2, 0.25) is 5.91 Å². The molecular weight excluding hydrogens is 386 g/mol. The summed E-state index contributed by atoms with van der Waals surface area (Å²) in [7, 11) is 0. The second kappa shape index (κ2) is 8.19. The van der Waals surface area contributed by atoms with Crippen LogP contribution in [0, 0.1) is 11.3 Å². The Hall–Kier alpha value is -2.95. The van der Waals surface area contributed by atoms with E-state index in [0.717, 1.165) is 22.2 Å². The number of phenols is 1. The van der Waals surface area contributed by atoms with E-state index in [-0.39, 0.29) is 24.0 Å². The summed E-state index contributed by atoms with van der Waals surface area (Å²) in [6.45, 7) is 2.79. The van der Waals surface area contributed by atoms with E-state index >= 15 is 0 Å². The Morgan fingerprint density at radius 3 is 2.83 bits per heavy atom. The Morgan fingerprint density at radius 1 is 1.31 bits per heavy atom. The number of benzene rings is 2. The molecule has 2 aliphatic rings. The van der Waals surface area contributed by atoms with E-state index in [1.54, 1.807) is 34.9 Å². The first kappa shape index (κ1) is 19.4. The van der Waals surface area contributed by atoms with Crippen molar-refractivity contribution in [3.63, 3.8) is 0 Å². The van der Waals surface area contributed by atoms with E-state index in [1.807, 2.05) is 25.1 Å². The number of fused-ring (bicyclic) bond motifs is 1. The van der Waals surface area contributed by atoms with Gasteiger partial charge < -0.3 is 9.84 Å². The summed E-state index contributed by atoms with van der Waals surface area (Å²) in [5.41, 5.74) is 2.55. The molecule has 0 bridgehead atoms. The van der Waals surface area contributed by atoms with Crippen LogP contribution in [0.2, 0.25) is 0 Å². The third kappa shape index (κ3) is 3.69. The molecule has 0 radical (unpaired) electrons. The lowest BCUT2D eigenvalue weighted by Gasteiger charge is -2.38. The number of allylic oxidation sites excluding steroid dienone is 1. The largest absolute Gasteiger partial charge is 0.504 e. The number of aromatic hydroxyl groups is 1. The van der Waals surface area contributed by atoms with Crippen LogP contribution in [0.5, 0.6) is 11.5 Å². The van der Waals surface area contributed by atoms with Gasteiger partial charge in [0.05, 0.1) is 18.2 Å². The van der Waals surface area contributed by atoms with E-state index in [9.17, 15) is 15.2 Å². The molecule has 1 unspecified atom stereocenters. The van der Waals surface area contributed by atoms with E-state index < -0.39 is 0 Å². The summed E-state index contributed by atoms with van der Waals surface area (Å²) < 4.78 is 5.48. The van der Waals surface area contributed by atoms with Gasteiger partial charge in [0.25, 0.3) is 0 Å². The number of quaternary nitrogens is 1. The highest BCUT2D eigenvalue weighted by Crippen LogP contribution is 2.42. The monoisotopic (exact) mass is 408 g/mol. The van der Waals surface area contributed by atoms with Crippen molar-refractivity contribution in [1.29, 1.82) is 5.26 Å². The molecule has 0 aliphatic carbocycles. The number of para-hydroxylation sites is 1. The first-order chi connectivity index (χ1) is 14.1. The molecule has 2 heterocycles. The molecule has 1 amide bonds. The van der Waals surface area contributed by atoms with Gasteiger partial charge in [-0.25, -0.2) is 0 Å². The van der Waals surface area contributed by atoms with Gasteiger partial charge in [-0.05, 0) is 48.5 Å². The summed E-state index contributed by atoms with van der Waals surface area (Å²) in [6, 6.07) is 17.5. The lowest BCUT2D eigenvalue weighted by atomic mass is 9.86. The molecule has 1 saturated heterocycles. The molecule has 2 aliphatic heterocycles. The predicted octanol–water partition coefficient (Wildman–Crippen LogP) is 2.72. The van der Waals surface area contributed by atoms with Crippen molar-refractivity contribution in [3.05, 3.63) is 64.7 Å². The lowest BCUT2D eigenvalue weighted by molar-refractivity contribution is -0.829. The number of nitrogens with zero attached hydrogens (tertiary/aromatic N) is 2. The molecule has 2 aromatic rings. The van der Waals surface area contributed by atoms with Gasteiger partial charge in [0.1, 0.15) is 16.6 Å². The van der Waals surface area contributed by atoms with E-state index in [2.05, 4.69) is 18.2 Å². The first-order valence-electron chi connectivity index (χ1n) is 9.55. The highest BCUT2D eigenvalue weighted by molar-refractivity contribution is 8.02. The average molecular weight is 409 g/mol. The zero-order chi connectivity index (χ0) is 20.4. The molecule has 2 atom stereocenters. The first-order valence-corrected chi connectivity index (χ1v) is 10.5. The van der Waals surface area contributed by atoms with Gasteiger partial charge in [-0.1, -0.05) is 24.3 Å². The van der Waals surface area contributed by atoms with Crippen LogP contribution in [-0.2, 0) is 4.79 Å². The SMILES string of the molecule is CCOc1cc([C@@H]2CC(=O)N3C[NH+](c4ccccc4)CSC3=C2C#N)ccc1O. The van der Waals surface area contributed by atoms with Crippen LogP contribution in [-0.4, -0.2) is 35.1 Å². The summed E-state index contributed by atoms with van der Waals surface area (Å²) in [5.74, 6) is 0.860. The maximum Gasteiger partial charge on any atom is 0.232 e. The molecule has 4 rings (SSSR count). The highest BCUT2D eigenvalue weighted by atomic mass is 32.2. The lowest BCUT2D eigenvalue weighted by Crippen LogP contribution is -3.09. The van der Waals surface area contributed by atoms with Crippen LogP contribution in [0.4, 0.5) is 5.69 Å². The number of nitrogens with one attached hydrogen (secondary N) is 1. The minimum Gasteiger partial charge on any atom is -0.504 e. The van der Waals surface area contributed by atoms with Crippen molar-refractivity contribution in [2.24, 2.45) is 0 Å². The molecular formula is C22H22N3O3S+. The number of amides is 1. The van der Waals surface area contributed by atoms with E-state index in [4.69, 9.17) is 4.74 Å². The molecule has 148 valence electrons. The zero-order valence-electron chi connectivity index (χ0n) is 16.1. The quantitative estimate of drug-likeness (QED) is 0.813. The molecule has 2 N–H and O–H groups in total. The van der Waals surface area contributed by atoms with Crippen molar-refractivity contribution in [3.8, 4) is 17.6 Å². The Morgan fingerprint density at radius 2 is 2.10 bits per heavy atom.